The second kappa shape index (κ2) is 11.6. The molecule has 2 aromatic heterocycles. The van der Waals surface area contributed by atoms with Gasteiger partial charge in [-0.15, -0.1) is 0 Å². The molecular weight excluding hydrogens is 538 g/mol. The Kier molecular flexibility index (Phi) is 8.04. The Morgan fingerprint density at radius 2 is 1.85 bits per heavy atom. The topological polar surface area (TPSA) is 134 Å². The van der Waals surface area contributed by atoms with Crippen molar-refractivity contribution in [2.45, 2.75) is 31.7 Å². The summed E-state index contributed by atoms with van der Waals surface area (Å²) < 4.78 is 11.1. The zero-order valence-corrected chi connectivity index (χ0v) is 23.0. The fraction of sp³-hybridized carbons (Fsp3) is 0.393. The highest BCUT2D eigenvalue weighted by Gasteiger charge is 2.34. The van der Waals surface area contributed by atoms with Crippen molar-refractivity contribution in [2.75, 3.05) is 44.5 Å². The Morgan fingerprint density at radius 3 is 2.52 bits per heavy atom. The van der Waals surface area contributed by atoms with Crippen LogP contribution in [0.25, 0.3) is 11.0 Å². The first-order valence-electron chi connectivity index (χ1n) is 13.1. The summed E-state index contributed by atoms with van der Waals surface area (Å²) in [5.41, 5.74) is 0.913. The molecule has 3 heterocycles. The zero-order chi connectivity index (χ0) is 28.4. The maximum atomic E-state index is 13.5. The number of benzene rings is 1. The highest BCUT2D eigenvalue weighted by atomic mass is 35.5. The fourth-order valence-corrected chi connectivity index (χ4v) is 5.30. The molecule has 1 aromatic carbocycles. The number of hydrogen-bond donors (Lipinski definition) is 2. The first-order valence-corrected chi connectivity index (χ1v) is 13.5. The lowest BCUT2D eigenvalue weighted by molar-refractivity contribution is -0.146. The van der Waals surface area contributed by atoms with Gasteiger partial charge in [0.1, 0.15) is 23.7 Å². The highest BCUT2D eigenvalue weighted by Crippen LogP contribution is 2.35. The van der Waals surface area contributed by atoms with E-state index in [9.17, 15) is 19.2 Å². The van der Waals surface area contributed by atoms with Gasteiger partial charge in [0.15, 0.2) is 0 Å². The fourth-order valence-electron chi connectivity index (χ4n) is 5.19. The number of carbonyl (C=O) groups excluding carboxylic acids is 4. The number of furan rings is 1. The largest absolute Gasteiger partial charge is 0.449 e. The van der Waals surface area contributed by atoms with Crippen LogP contribution in [0.2, 0.25) is 5.02 Å². The lowest BCUT2D eigenvalue weighted by Crippen LogP contribution is -2.49. The van der Waals surface area contributed by atoms with E-state index in [1.807, 2.05) is 4.90 Å². The van der Waals surface area contributed by atoms with Crippen molar-refractivity contribution in [2.24, 2.45) is 5.92 Å². The molecule has 1 aliphatic carbocycles. The van der Waals surface area contributed by atoms with Crippen molar-refractivity contribution in [3.63, 3.8) is 0 Å². The number of nitrogens with zero attached hydrogens (tertiary/aromatic N) is 3. The third-order valence-corrected chi connectivity index (χ3v) is 7.52. The van der Waals surface area contributed by atoms with Gasteiger partial charge in [0.2, 0.25) is 17.6 Å². The first-order chi connectivity index (χ1) is 19.2. The van der Waals surface area contributed by atoms with Crippen LogP contribution in [0, 0.1) is 5.92 Å². The standard InChI is InChI=1S/C28H30ClN5O6/c1-33(2)28(38)17-5-9-21-20(13-17)24(25(40-21)27(37)31-22-10-6-18(29)14-30-22)32-26(36)16-3-7-19(8-4-16)34-11-12-39-15-23(34)35/h5-6,9-10,13-14,16,19H,3-4,7-8,11-12,15H2,1-2H3,(H,32,36)(H,30,31,37)/t16-,19-. The van der Waals surface area contributed by atoms with Crippen LogP contribution in [-0.4, -0.2) is 78.3 Å². The van der Waals surface area contributed by atoms with E-state index in [-0.39, 0.29) is 53.6 Å². The Balaban J connectivity index is 1.39. The zero-order valence-electron chi connectivity index (χ0n) is 22.2. The minimum atomic E-state index is -0.614. The van der Waals surface area contributed by atoms with Crippen molar-refractivity contribution >= 4 is 57.7 Å². The van der Waals surface area contributed by atoms with Gasteiger partial charge in [-0.1, -0.05) is 11.6 Å². The number of halogens is 1. The predicted octanol–water partition coefficient (Wildman–Crippen LogP) is 3.79. The van der Waals surface area contributed by atoms with Gasteiger partial charge in [0.25, 0.3) is 11.8 Å². The lowest BCUT2D eigenvalue weighted by Gasteiger charge is -2.38. The van der Waals surface area contributed by atoms with Gasteiger partial charge in [-0.05, 0) is 56.0 Å². The number of ether oxygens (including phenoxy) is 1. The van der Waals surface area contributed by atoms with E-state index in [4.69, 9.17) is 20.8 Å². The monoisotopic (exact) mass is 567 g/mol. The number of fused-ring (bicyclic) bond motifs is 1. The molecule has 12 heteroatoms. The molecule has 4 amide bonds. The molecule has 2 aliphatic rings. The number of carbonyl (C=O) groups is 4. The Morgan fingerprint density at radius 1 is 1.07 bits per heavy atom. The number of nitrogens with one attached hydrogen (secondary N) is 2. The van der Waals surface area contributed by atoms with Gasteiger partial charge in [-0.2, -0.15) is 0 Å². The van der Waals surface area contributed by atoms with Gasteiger partial charge in [0, 0.05) is 49.7 Å². The summed E-state index contributed by atoms with van der Waals surface area (Å²) in [5.74, 6) is -1.27. The molecule has 210 valence electrons. The maximum Gasteiger partial charge on any atom is 0.294 e. The number of anilines is 2. The predicted molar refractivity (Wildman–Crippen MR) is 148 cm³/mol. The molecule has 11 nitrogen and oxygen atoms in total. The molecule has 3 aromatic rings. The van der Waals surface area contributed by atoms with E-state index in [1.165, 1.54) is 11.1 Å². The Hall–Kier alpha value is -3.96. The van der Waals surface area contributed by atoms with E-state index in [1.54, 1.807) is 44.4 Å². The number of amides is 4. The van der Waals surface area contributed by atoms with Crippen LogP contribution in [0.3, 0.4) is 0 Å². The quantitative estimate of drug-likeness (QED) is 0.463. The molecule has 1 saturated heterocycles. The lowest BCUT2D eigenvalue weighted by atomic mass is 9.84. The van der Waals surface area contributed by atoms with E-state index in [2.05, 4.69) is 15.6 Å². The maximum absolute atomic E-state index is 13.5. The van der Waals surface area contributed by atoms with Crippen molar-refractivity contribution in [3.05, 3.63) is 52.9 Å². The molecular formula is C28H30ClN5O6. The summed E-state index contributed by atoms with van der Waals surface area (Å²) in [5, 5.41) is 6.43. The van der Waals surface area contributed by atoms with Gasteiger partial charge in [0.05, 0.1) is 11.6 Å². The first kappa shape index (κ1) is 27.6. The number of pyridine rings is 1. The Bertz CT molecular complexity index is 1450. The molecule has 0 bridgehead atoms. The molecule has 0 unspecified atom stereocenters. The van der Waals surface area contributed by atoms with Gasteiger partial charge in [-0.3, -0.25) is 19.2 Å². The molecule has 2 fully saturated rings. The van der Waals surface area contributed by atoms with Crippen LogP contribution in [-0.2, 0) is 14.3 Å². The molecule has 2 N–H and O–H groups in total. The van der Waals surface area contributed by atoms with Crippen LogP contribution in [0.15, 0.2) is 40.9 Å². The summed E-state index contributed by atoms with van der Waals surface area (Å²) in [4.78, 5) is 59.0. The second-order valence-electron chi connectivity index (χ2n) is 10.2. The summed E-state index contributed by atoms with van der Waals surface area (Å²) in [6.07, 6.45) is 3.99. The van der Waals surface area contributed by atoms with Gasteiger partial charge >= 0.3 is 0 Å². The van der Waals surface area contributed by atoms with Crippen LogP contribution in [0.4, 0.5) is 11.5 Å². The Labute approximate surface area is 235 Å². The van der Waals surface area contributed by atoms with E-state index in [0.29, 0.717) is 60.4 Å². The van der Waals surface area contributed by atoms with Crippen molar-refractivity contribution in [1.29, 1.82) is 0 Å². The van der Waals surface area contributed by atoms with Gasteiger partial charge < -0.3 is 29.6 Å². The summed E-state index contributed by atoms with van der Waals surface area (Å²) in [7, 11) is 3.28. The average molecular weight is 568 g/mol. The number of aromatic nitrogens is 1. The third kappa shape index (κ3) is 5.80. The summed E-state index contributed by atoms with van der Waals surface area (Å²) in [6.45, 7) is 1.19. The number of morpholine rings is 1. The van der Waals surface area contributed by atoms with Crippen LogP contribution < -0.4 is 10.6 Å². The normalized spacial score (nSPS) is 19.4. The SMILES string of the molecule is CN(C)C(=O)c1ccc2oc(C(=O)Nc3ccc(Cl)cn3)c(NC(=O)[C@H]3CC[C@H](N4CCOCC4=O)CC3)c2c1. The minimum absolute atomic E-state index is 0.0158. The molecule has 0 atom stereocenters. The van der Waals surface area contributed by atoms with Crippen molar-refractivity contribution in [3.8, 4) is 0 Å². The van der Waals surface area contributed by atoms with Crippen molar-refractivity contribution in [1.82, 2.24) is 14.8 Å². The smallest absolute Gasteiger partial charge is 0.294 e. The summed E-state index contributed by atoms with van der Waals surface area (Å²) >= 11 is 5.90. The third-order valence-electron chi connectivity index (χ3n) is 7.30. The number of hydrogen-bond acceptors (Lipinski definition) is 7. The van der Waals surface area contributed by atoms with Crippen LogP contribution in [0.1, 0.15) is 46.6 Å². The summed E-state index contributed by atoms with van der Waals surface area (Å²) in [6, 6.07) is 8.04. The minimum Gasteiger partial charge on any atom is -0.449 e. The van der Waals surface area contributed by atoms with Crippen LogP contribution >= 0.6 is 11.6 Å². The molecule has 1 saturated carbocycles. The average Bonchev–Trinajstić information content (AvgIpc) is 3.31. The van der Waals surface area contributed by atoms with Crippen LogP contribution in [0.5, 0.6) is 0 Å². The molecule has 40 heavy (non-hydrogen) atoms. The van der Waals surface area contributed by atoms with E-state index < -0.39 is 5.91 Å². The second-order valence-corrected chi connectivity index (χ2v) is 10.6. The highest BCUT2D eigenvalue weighted by molar-refractivity contribution is 6.30. The number of rotatable bonds is 6. The molecule has 0 spiro atoms. The van der Waals surface area contributed by atoms with E-state index >= 15 is 0 Å². The molecule has 1 aliphatic heterocycles. The molecule has 0 radical (unpaired) electrons. The van der Waals surface area contributed by atoms with Crippen molar-refractivity contribution < 1.29 is 28.3 Å². The van der Waals surface area contributed by atoms with Gasteiger partial charge in [-0.25, -0.2) is 4.98 Å². The molecule has 5 rings (SSSR count). The van der Waals surface area contributed by atoms with E-state index in [0.717, 1.165) is 0 Å².